The summed E-state index contributed by atoms with van der Waals surface area (Å²) < 4.78 is 13.8. The van der Waals surface area contributed by atoms with E-state index in [1.165, 1.54) is 0 Å². The highest BCUT2D eigenvalue weighted by atomic mass is 79.9. The molecule has 0 fully saturated rings. The maximum Gasteiger partial charge on any atom is 0.266 e. The Bertz CT molecular complexity index is 1330. The molecule has 0 bridgehead atoms. The van der Waals surface area contributed by atoms with E-state index in [-0.39, 0.29) is 5.56 Å². The number of hydrogen-bond donors (Lipinski definition) is 0. The van der Waals surface area contributed by atoms with Gasteiger partial charge in [0.2, 0.25) is 0 Å². The molecule has 0 N–H and O–H groups in total. The lowest BCUT2D eigenvalue weighted by Gasteiger charge is -2.18. The van der Waals surface area contributed by atoms with Crippen molar-refractivity contribution in [1.29, 1.82) is 0 Å². The zero-order valence-corrected chi connectivity index (χ0v) is 17.5. The van der Waals surface area contributed by atoms with Crippen LogP contribution in [0.1, 0.15) is 11.4 Å². The lowest BCUT2D eigenvalue weighted by atomic mass is 10.1. The van der Waals surface area contributed by atoms with E-state index in [0.717, 1.165) is 27.2 Å². The van der Waals surface area contributed by atoms with Crippen molar-refractivity contribution in [3.63, 3.8) is 0 Å². The number of rotatable bonds is 3. The quantitative estimate of drug-likeness (QED) is 0.427. The van der Waals surface area contributed by atoms with Crippen molar-refractivity contribution >= 4 is 39.0 Å². The molecule has 0 aliphatic carbocycles. The Morgan fingerprint density at radius 3 is 2.50 bits per heavy atom. The van der Waals surface area contributed by atoms with Crippen LogP contribution in [0.25, 0.3) is 28.7 Å². The molecule has 4 aromatic rings. The molecule has 0 saturated heterocycles. The van der Waals surface area contributed by atoms with Gasteiger partial charge in [0.1, 0.15) is 19.0 Å². The first-order valence-corrected chi connectivity index (χ1v) is 10.3. The number of benzene rings is 3. The standard InChI is InChI=1S/C24H17BrN2O3/c25-17-7-9-18(10-8-17)27-23(26-20-4-2-1-3-19(20)24(27)28)12-6-16-5-11-21-22(15-16)30-14-13-29-21/h1-12,15H,13-14H2/b12-6+. The minimum absolute atomic E-state index is 0.107. The minimum Gasteiger partial charge on any atom is -0.486 e. The first kappa shape index (κ1) is 18.6. The summed E-state index contributed by atoms with van der Waals surface area (Å²) in [4.78, 5) is 18.0. The van der Waals surface area contributed by atoms with Gasteiger partial charge in [-0.15, -0.1) is 0 Å². The smallest absolute Gasteiger partial charge is 0.266 e. The highest BCUT2D eigenvalue weighted by Gasteiger charge is 2.13. The van der Waals surface area contributed by atoms with E-state index in [1.54, 1.807) is 10.6 Å². The largest absolute Gasteiger partial charge is 0.486 e. The van der Waals surface area contributed by atoms with Crippen LogP contribution in [0.4, 0.5) is 0 Å². The third kappa shape index (κ3) is 3.50. The zero-order chi connectivity index (χ0) is 20.5. The summed E-state index contributed by atoms with van der Waals surface area (Å²) in [6.07, 6.45) is 3.77. The van der Waals surface area contributed by atoms with Crippen molar-refractivity contribution in [2.75, 3.05) is 13.2 Å². The van der Waals surface area contributed by atoms with Gasteiger partial charge in [0.15, 0.2) is 11.5 Å². The summed E-state index contributed by atoms with van der Waals surface area (Å²) in [5.74, 6) is 2.02. The Balaban J connectivity index is 1.64. The molecule has 0 spiro atoms. The molecule has 0 saturated carbocycles. The summed E-state index contributed by atoms with van der Waals surface area (Å²) in [6.45, 7) is 1.10. The van der Waals surface area contributed by atoms with E-state index >= 15 is 0 Å². The van der Waals surface area contributed by atoms with Crippen LogP contribution in [0.15, 0.2) is 76.0 Å². The molecule has 0 atom stereocenters. The molecular formula is C24H17BrN2O3. The molecule has 1 aromatic heterocycles. The van der Waals surface area contributed by atoms with E-state index in [2.05, 4.69) is 15.9 Å². The molecule has 3 aromatic carbocycles. The van der Waals surface area contributed by atoms with E-state index in [0.29, 0.717) is 29.9 Å². The SMILES string of the molecule is O=c1c2ccccc2nc(/C=C/c2ccc3c(c2)OCCO3)n1-c1ccc(Br)cc1. The van der Waals surface area contributed by atoms with Crippen LogP contribution >= 0.6 is 15.9 Å². The van der Waals surface area contributed by atoms with E-state index in [1.807, 2.05) is 72.8 Å². The summed E-state index contributed by atoms with van der Waals surface area (Å²) >= 11 is 3.45. The highest BCUT2D eigenvalue weighted by Crippen LogP contribution is 2.31. The van der Waals surface area contributed by atoms with E-state index < -0.39 is 0 Å². The lowest BCUT2D eigenvalue weighted by Crippen LogP contribution is -2.22. The predicted molar refractivity (Wildman–Crippen MR) is 121 cm³/mol. The Morgan fingerprint density at radius 1 is 0.900 bits per heavy atom. The van der Waals surface area contributed by atoms with Gasteiger partial charge < -0.3 is 9.47 Å². The van der Waals surface area contributed by atoms with Gasteiger partial charge in [0.25, 0.3) is 5.56 Å². The molecule has 30 heavy (non-hydrogen) atoms. The van der Waals surface area contributed by atoms with Crippen molar-refractivity contribution in [2.45, 2.75) is 0 Å². The molecule has 0 amide bonds. The van der Waals surface area contributed by atoms with Crippen molar-refractivity contribution in [3.8, 4) is 17.2 Å². The Hall–Kier alpha value is -3.38. The Morgan fingerprint density at radius 2 is 1.67 bits per heavy atom. The second-order valence-corrected chi connectivity index (χ2v) is 7.76. The number of fused-ring (bicyclic) bond motifs is 2. The van der Waals surface area contributed by atoms with Gasteiger partial charge in [0.05, 0.1) is 16.6 Å². The van der Waals surface area contributed by atoms with Crippen LogP contribution in [0.5, 0.6) is 11.5 Å². The molecular weight excluding hydrogens is 444 g/mol. The molecule has 5 rings (SSSR count). The fourth-order valence-corrected chi connectivity index (χ4v) is 3.70. The molecule has 2 heterocycles. The van der Waals surface area contributed by atoms with Gasteiger partial charge in [-0.3, -0.25) is 9.36 Å². The van der Waals surface area contributed by atoms with Crippen molar-refractivity contribution in [2.24, 2.45) is 0 Å². The molecule has 148 valence electrons. The second kappa shape index (κ2) is 7.80. The van der Waals surface area contributed by atoms with Crippen LogP contribution in [-0.2, 0) is 0 Å². The average Bonchev–Trinajstić information content (AvgIpc) is 2.78. The molecule has 5 nitrogen and oxygen atoms in total. The number of halogens is 1. The van der Waals surface area contributed by atoms with Gasteiger partial charge >= 0.3 is 0 Å². The van der Waals surface area contributed by atoms with Crippen LogP contribution in [0, 0.1) is 0 Å². The Kier molecular flexibility index (Phi) is 4.85. The monoisotopic (exact) mass is 460 g/mol. The van der Waals surface area contributed by atoms with E-state index in [4.69, 9.17) is 14.5 Å². The van der Waals surface area contributed by atoms with E-state index in [9.17, 15) is 4.79 Å². The zero-order valence-electron chi connectivity index (χ0n) is 15.9. The summed E-state index contributed by atoms with van der Waals surface area (Å²) in [6, 6.07) is 20.8. The maximum atomic E-state index is 13.3. The average molecular weight is 461 g/mol. The molecule has 0 radical (unpaired) electrons. The summed E-state index contributed by atoms with van der Waals surface area (Å²) in [5.41, 5.74) is 2.25. The maximum absolute atomic E-state index is 13.3. The topological polar surface area (TPSA) is 53.4 Å². The third-order valence-electron chi connectivity index (χ3n) is 4.88. The minimum atomic E-state index is -0.107. The molecule has 1 aliphatic rings. The number of nitrogens with zero attached hydrogens (tertiary/aromatic N) is 2. The summed E-state index contributed by atoms with van der Waals surface area (Å²) in [7, 11) is 0. The van der Waals surface area contributed by atoms with Gasteiger partial charge in [-0.2, -0.15) is 0 Å². The van der Waals surface area contributed by atoms with Crippen LogP contribution < -0.4 is 15.0 Å². The fourth-order valence-electron chi connectivity index (χ4n) is 3.44. The molecule has 1 aliphatic heterocycles. The first-order chi connectivity index (χ1) is 14.7. The number of hydrogen-bond acceptors (Lipinski definition) is 4. The summed E-state index contributed by atoms with van der Waals surface area (Å²) in [5, 5.41) is 0.580. The number of aromatic nitrogens is 2. The normalized spacial score (nSPS) is 13.1. The predicted octanol–water partition coefficient (Wildman–Crippen LogP) is 5.09. The van der Waals surface area contributed by atoms with Gasteiger partial charge in [-0.1, -0.05) is 40.2 Å². The first-order valence-electron chi connectivity index (χ1n) is 9.54. The number of para-hydroxylation sites is 1. The van der Waals surface area contributed by atoms with Crippen LogP contribution in [0.3, 0.4) is 0 Å². The van der Waals surface area contributed by atoms with Crippen molar-refractivity contribution in [1.82, 2.24) is 9.55 Å². The second-order valence-electron chi connectivity index (χ2n) is 6.84. The Labute approximate surface area is 181 Å². The molecule has 0 unspecified atom stereocenters. The van der Waals surface area contributed by atoms with Crippen LogP contribution in [-0.4, -0.2) is 22.8 Å². The highest BCUT2D eigenvalue weighted by molar-refractivity contribution is 9.10. The molecule has 6 heteroatoms. The van der Waals surface area contributed by atoms with Crippen molar-refractivity contribution in [3.05, 3.63) is 92.9 Å². The van der Waals surface area contributed by atoms with Crippen molar-refractivity contribution < 1.29 is 9.47 Å². The van der Waals surface area contributed by atoms with Gasteiger partial charge in [-0.05, 0) is 60.2 Å². The van der Waals surface area contributed by atoms with Gasteiger partial charge in [-0.25, -0.2) is 4.98 Å². The third-order valence-corrected chi connectivity index (χ3v) is 5.41. The fraction of sp³-hybridized carbons (Fsp3) is 0.0833. The van der Waals surface area contributed by atoms with Crippen LogP contribution in [0.2, 0.25) is 0 Å². The lowest BCUT2D eigenvalue weighted by molar-refractivity contribution is 0.171. The number of ether oxygens (including phenoxy) is 2. The van der Waals surface area contributed by atoms with Gasteiger partial charge in [0, 0.05) is 4.47 Å².